The quantitative estimate of drug-likeness (QED) is 0.554. The highest BCUT2D eigenvalue weighted by Crippen LogP contribution is 2.32. The molecule has 11 heavy (non-hydrogen) atoms. The van der Waals surface area contributed by atoms with Crippen LogP contribution in [0.4, 0.5) is 0 Å². The van der Waals surface area contributed by atoms with Gasteiger partial charge in [0.05, 0.1) is 0 Å². The fourth-order valence-corrected chi connectivity index (χ4v) is 1.30. The Kier molecular flexibility index (Phi) is 1.51. The summed E-state index contributed by atoms with van der Waals surface area (Å²) in [5.41, 5.74) is 0.492. The van der Waals surface area contributed by atoms with E-state index < -0.39 is 0 Å². The molecular formula is C7H4O3P. The maximum absolute atomic E-state index is 11.0. The third-order valence-corrected chi connectivity index (χ3v) is 1.87. The molecule has 1 aliphatic rings. The van der Waals surface area contributed by atoms with Gasteiger partial charge in [-0.25, -0.2) is 4.79 Å². The van der Waals surface area contributed by atoms with Crippen molar-refractivity contribution in [1.29, 1.82) is 0 Å². The summed E-state index contributed by atoms with van der Waals surface area (Å²) in [6.45, 7) is 0. The van der Waals surface area contributed by atoms with Gasteiger partial charge in [0.1, 0.15) is 11.3 Å². The molecular weight excluding hydrogens is 163 g/mol. The van der Waals surface area contributed by atoms with Gasteiger partial charge >= 0.3 is 15.0 Å². The van der Waals surface area contributed by atoms with E-state index in [2.05, 4.69) is 4.52 Å². The third-order valence-electron chi connectivity index (χ3n) is 1.36. The van der Waals surface area contributed by atoms with Gasteiger partial charge in [0.15, 0.2) is 0 Å². The van der Waals surface area contributed by atoms with Crippen LogP contribution in [0.25, 0.3) is 0 Å². The Morgan fingerprint density at radius 2 is 2.00 bits per heavy atom. The summed E-state index contributed by atoms with van der Waals surface area (Å²) in [4.78, 5) is 11.0. The minimum Gasteiger partial charge on any atom is -0.430 e. The maximum Gasteiger partial charge on any atom is 0.407 e. The molecule has 1 aliphatic heterocycles. The Hall–Kier alpha value is -1.08. The Balaban J connectivity index is 2.52. The van der Waals surface area contributed by atoms with E-state index in [0.29, 0.717) is 11.3 Å². The molecule has 0 saturated carbocycles. The number of hydrogen-bond acceptors (Lipinski definition) is 3. The van der Waals surface area contributed by atoms with Gasteiger partial charge in [-0.1, -0.05) is 12.1 Å². The molecule has 0 N–H and O–H groups in total. The normalized spacial score (nSPS) is 16.9. The highest BCUT2D eigenvalue weighted by atomic mass is 31.1. The first-order valence-electron chi connectivity index (χ1n) is 3.05. The molecule has 1 radical (unpaired) electrons. The van der Waals surface area contributed by atoms with Crippen LogP contribution in [0.5, 0.6) is 5.75 Å². The summed E-state index contributed by atoms with van der Waals surface area (Å²) in [6.07, 6.45) is 0. The lowest BCUT2D eigenvalue weighted by atomic mass is 10.2. The molecule has 55 valence electrons. The molecule has 0 bridgehead atoms. The van der Waals surface area contributed by atoms with Crippen molar-refractivity contribution in [3.05, 3.63) is 29.8 Å². The Morgan fingerprint density at radius 1 is 1.18 bits per heavy atom. The molecule has 1 aromatic carbocycles. The van der Waals surface area contributed by atoms with Crippen molar-refractivity contribution >= 4 is 15.0 Å². The number of rotatable bonds is 0. The SMILES string of the molecule is O=C1O[P]Oc2ccccc21. The van der Waals surface area contributed by atoms with Gasteiger partial charge in [-0.15, -0.1) is 0 Å². The lowest BCUT2D eigenvalue weighted by molar-refractivity contribution is 0.0732. The molecule has 1 aromatic rings. The van der Waals surface area contributed by atoms with Crippen LogP contribution in [0, 0.1) is 0 Å². The standard InChI is InChI=1S/C7H4O3P/c8-7-5-3-1-2-4-6(5)9-11-10-7/h1-4H. The van der Waals surface area contributed by atoms with Crippen LogP contribution < -0.4 is 4.52 Å². The Morgan fingerprint density at radius 3 is 2.82 bits per heavy atom. The number of carbonyl (C=O) groups excluding carboxylic acids is 1. The number of fused-ring (bicyclic) bond motifs is 1. The Labute approximate surface area is 65.3 Å². The van der Waals surface area contributed by atoms with Crippen LogP contribution >= 0.6 is 9.03 Å². The van der Waals surface area contributed by atoms with Crippen molar-refractivity contribution in [2.45, 2.75) is 0 Å². The molecule has 0 saturated heterocycles. The summed E-state index contributed by atoms with van der Waals surface area (Å²) in [6, 6.07) is 6.99. The first-order chi connectivity index (χ1) is 5.38. The van der Waals surface area contributed by atoms with Crippen molar-refractivity contribution in [2.75, 3.05) is 0 Å². The monoisotopic (exact) mass is 167 g/mol. The topological polar surface area (TPSA) is 35.5 Å². The largest absolute Gasteiger partial charge is 0.430 e. The summed E-state index contributed by atoms with van der Waals surface area (Å²) in [7, 11) is 0.248. The molecule has 0 atom stereocenters. The van der Waals surface area contributed by atoms with Gasteiger partial charge in [0.2, 0.25) is 0 Å². The van der Waals surface area contributed by atoms with Crippen molar-refractivity contribution in [1.82, 2.24) is 0 Å². The minimum absolute atomic E-state index is 0.248. The van der Waals surface area contributed by atoms with Crippen molar-refractivity contribution in [3.8, 4) is 5.75 Å². The van der Waals surface area contributed by atoms with Crippen LogP contribution in [0.3, 0.4) is 0 Å². The summed E-state index contributed by atoms with van der Waals surface area (Å²) in [5.74, 6) is 0.263. The second kappa shape index (κ2) is 2.51. The van der Waals surface area contributed by atoms with Gasteiger partial charge < -0.3 is 9.05 Å². The molecule has 0 unspecified atom stereocenters. The molecule has 0 aromatic heterocycles. The first kappa shape index (κ1) is 6.62. The molecule has 1 heterocycles. The van der Waals surface area contributed by atoms with Crippen LogP contribution in [0.15, 0.2) is 24.3 Å². The van der Waals surface area contributed by atoms with E-state index in [4.69, 9.17) is 4.52 Å². The molecule has 0 fully saturated rings. The van der Waals surface area contributed by atoms with Crippen LogP contribution in [0.1, 0.15) is 10.4 Å². The zero-order chi connectivity index (χ0) is 7.68. The molecule has 2 rings (SSSR count). The maximum atomic E-state index is 11.0. The van der Waals surface area contributed by atoms with Gasteiger partial charge in [-0.05, 0) is 12.1 Å². The number of benzene rings is 1. The van der Waals surface area contributed by atoms with E-state index in [9.17, 15) is 4.79 Å². The fourth-order valence-electron chi connectivity index (χ4n) is 0.857. The fraction of sp³-hybridized carbons (Fsp3) is 0. The molecule has 0 amide bonds. The lowest BCUT2D eigenvalue weighted by Gasteiger charge is -2.12. The molecule has 3 nitrogen and oxygen atoms in total. The van der Waals surface area contributed by atoms with Gasteiger partial charge in [-0.3, -0.25) is 0 Å². The average Bonchev–Trinajstić information content (AvgIpc) is 2.06. The number of carbonyl (C=O) groups is 1. The smallest absolute Gasteiger partial charge is 0.407 e. The summed E-state index contributed by atoms with van der Waals surface area (Å²) in [5, 5.41) is 0. The van der Waals surface area contributed by atoms with Gasteiger partial charge in [-0.2, -0.15) is 0 Å². The van der Waals surface area contributed by atoms with Crippen LogP contribution in [-0.4, -0.2) is 5.97 Å². The van der Waals surface area contributed by atoms with Crippen molar-refractivity contribution in [3.63, 3.8) is 0 Å². The zero-order valence-electron chi connectivity index (χ0n) is 5.48. The van der Waals surface area contributed by atoms with E-state index >= 15 is 0 Å². The van der Waals surface area contributed by atoms with Crippen molar-refractivity contribution < 1.29 is 13.8 Å². The van der Waals surface area contributed by atoms with E-state index in [1.807, 2.05) is 6.07 Å². The average molecular weight is 167 g/mol. The Bertz CT molecular complexity index is 297. The first-order valence-corrected chi connectivity index (χ1v) is 3.79. The number of para-hydroxylation sites is 1. The summed E-state index contributed by atoms with van der Waals surface area (Å²) >= 11 is 0. The van der Waals surface area contributed by atoms with E-state index in [0.717, 1.165) is 0 Å². The van der Waals surface area contributed by atoms with Crippen LogP contribution in [0.2, 0.25) is 0 Å². The molecule has 0 spiro atoms. The van der Waals surface area contributed by atoms with Crippen LogP contribution in [-0.2, 0) is 4.52 Å². The van der Waals surface area contributed by atoms with Gasteiger partial charge in [0.25, 0.3) is 0 Å². The van der Waals surface area contributed by atoms with E-state index in [-0.39, 0.29) is 15.0 Å². The predicted octanol–water partition coefficient (Wildman–Crippen LogP) is 2.01. The molecule has 4 heteroatoms. The highest BCUT2D eigenvalue weighted by molar-refractivity contribution is 7.27. The third kappa shape index (κ3) is 1.08. The summed E-state index contributed by atoms with van der Waals surface area (Å²) < 4.78 is 9.64. The highest BCUT2D eigenvalue weighted by Gasteiger charge is 2.20. The molecule has 0 aliphatic carbocycles. The number of hydrogen-bond donors (Lipinski definition) is 0. The second-order valence-corrected chi connectivity index (χ2v) is 2.55. The zero-order valence-corrected chi connectivity index (χ0v) is 6.38. The predicted molar refractivity (Wildman–Crippen MR) is 39.4 cm³/mol. The van der Waals surface area contributed by atoms with E-state index in [1.165, 1.54) is 0 Å². The second-order valence-electron chi connectivity index (χ2n) is 2.04. The van der Waals surface area contributed by atoms with E-state index in [1.54, 1.807) is 18.2 Å². The van der Waals surface area contributed by atoms with Gasteiger partial charge in [0, 0.05) is 0 Å². The minimum atomic E-state index is -0.325. The lowest BCUT2D eigenvalue weighted by Crippen LogP contribution is -2.06. The van der Waals surface area contributed by atoms with Crippen molar-refractivity contribution in [2.24, 2.45) is 0 Å².